The number of hydrogen-bond donors (Lipinski definition) is 0. The van der Waals surface area contributed by atoms with Crippen LogP contribution in [0.15, 0.2) is 360 Å². The van der Waals surface area contributed by atoms with Crippen molar-refractivity contribution in [2.75, 3.05) is 0 Å². The van der Waals surface area contributed by atoms with Crippen LogP contribution in [0.4, 0.5) is 0 Å². The van der Waals surface area contributed by atoms with E-state index in [0.29, 0.717) is 66.5 Å². The molecule has 0 atom stereocenters. The van der Waals surface area contributed by atoms with E-state index in [4.69, 9.17) is 26.7 Å². The van der Waals surface area contributed by atoms with Gasteiger partial charge in [0.2, 0.25) is 0 Å². The van der Waals surface area contributed by atoms with Crippen LogP contribution in [0.25, 0.3) is 187 Å². The molecular formula is C92H58O2. The summed E-state index contributed by atoms with van der Waals surface area (Å²) in [4.78, 5) is 0. The molecule has 0 aliphatic heterocycles. The molecular weight excluding hydrogens is 1140 g/mol. The maximum atomic E-state index is 9.60. The Labute approximate surface area is 579 Å². The van der Waals surface area contributed by atoms with E-state index in [0.717, 1.165) is 43.8 Å². The zero-order valence-electron chi connectivity index (χ0n) is 74.4. The van der Waals surface area contributed by atoms with E-state index in [1.54, 1.807) is 18.2 Å². The fourth-order valence-corrected chi connectivity index (χ4v) is 13.1. The molecule has 0 bridgehead atoms. The van der Waals surface area contributed by atoms with E-state index in [9.17, 15) is 16.4 Å². The van der Waals surface area contributed by atoms with Crippen LogP contribution >= 0.6 is 0 Å². The first kappa shape index (κ1) is 34.7. The molecule has 19 aromatic rings. The van der Waals surface area contributed by atoms with Crippen molar-refractivity contribution in [2.24, 2.45) is 0 Å². The van der Waals surface area contributed by atoms with Crippen molar-refractivity contribution in [2.45, 2.75) is 0 Å². The third-order valence-corrected chi connectivity index (χ3v) is 17.3. The largest absolute Gasteiger partial charge is 0.456 e. The highest BCUT2D eigenvalue weighted by molar-refractivity contribution is 6.25. The molecule has 0 fully saturated rings. The number of benzene rings is 17. The van der Waals surface area contributed by atoms with Crippen molar-refractivity contribution >= 4 is 97.7 Å². The van der Waals surface area contributed by atoms with Gasteiger partial charge in [-0.25, -0.2) is 0 Å². The Kier molecular flexibility index (Phi) is 8.44. The molecule has 0 saturated carbocycles. The average molecular weight is 1220 g/mol. The quantitative estimate of drug-likeness (QED) is 0.142. The number of furan rings is 2. The number of para-hydroxylation sites is 2. The lowest BCUT2D eigenvalue weighted by molar-refractivity contribution is 0.669. The summed E-state index contributed by atoms with van der Waals surface area (Å²) >= 11 is 0. The van der Waals surface area contributed by atoms with Crippen LogP contribution in [0.1, 0.15) is 34.3 Å². The summed E-state index contributed by atoms with van der Waals surface area (Å²) in [7, 11) is 0. The van der Waals surface area contributed by atoms with E-state index >= 15 is 0 Å². The summed E-state index contributed by atoms with van der Waals surface area (Å²) in [6.45, 7) is 0. The molecule has 2 heteroatoms. The Morgan fingerprint density at radius 3 is 1.29 bits per heavy atom. The SMILES string of the molecule is [2H]c1c([2H])c([2H])c(-c2c([2H])c([2H])c(-c3c4c([2H])c([2H])c([2H])c([2H])c4c(-c4cc5c(cc4-c4ccc6ccccc6c4)oc4ccccc45)c4c([2H])c([2H])c([2H])c([2H])c34)c([2H])c2[2H])c([2H])c1[2H].[2H]c1c([2H])c([2H])c2c(-c3cc(-c4ccccc4)c4oc5ccccc5c4c3)c3c([2H])c([2H])c([2H])c([2H])c3c(-c3cccc(-c4ccccc4)c3)c2c1[2H]. The highest BCUT2D eigenvalue weighted by atomic mass is 16.3. The minimum atomic E-state index is -0.868. The van der Waals surface area contributed by atoms with Crippen molar-refractivity contribution in [1.82, 2.24) is 0 Å². The zero-order valence-corrected chi connectivity index (χ0v) is 49.4. The number of hydrogen-bond acceptors (Lipinski definition) is 2. The first-order chi connectivity index (χ1) is 57.0. The predicted molar refractivity (Wildman–Crippen MR) is 398 cm³/mol. The van der Waals surface area contributed by atoms with Crippen LogP contribution in [0.5, 0.6) is 0 Å². The van der Waals surface area contributed by atoms with Crippen molar-refractivity contribution in [3.63, 3.8) is 0 Å². The van der Waals surface area contributed by atoms with Gasteiger partial charge >= 0.3 is 0 Å². The van der Waals surface area contributed by atoms with E-state index in [-0.39, 0.29) is 78.4 Å². The lowest BCUT2D eigenvalue weighted by Gasteiger charge is -2.20. The van der Waals surface area contributed by atoms with Crippen molar-refractivity contribution in [3.05, 3.63) is 351 Å². The van der Waals surface area contributed by atoms with Crippen LogP contribution in [-0.4, -0.2) is 0 Å². The van der Waals surface area contributed by atoms with E-state index < -0.39 is 149 Å². The smallest absolute Gasteiger partial charge is 0.143 e. The Bertz CT molecular complexity index is 7510. The first-order valence-corrected chi connectivity index (χ1v) is 30.2. The fourth-order valence-electron chi connectivity index (χ4n) is 13.1. The number of rotatable bonds is 8. The van der Waals surface area contributed by atoms with E-state index in [2.05, 4.69) is 0 Å². The predicted octanol–water partition coefficient (Wildman–Crippen LogP) is 26.3. The summed E-state index contributed by atoms with van der Waals surface area (Å²) in [6, 6.07) is 46.7. The van der Waals surface area contributed by atoms with Crippen LogP contribution < -0.4 is 0 Å². The van der Waals surface area contributed by atoms with Gasteiger partial charge in [-0.2, -0.15) is 0 Å². The maximum absolute atomic E-state index is 9.60. The van der Waals surface area contributed by atoms with Gasteiger partial charge in [0.1, 0.15) is 22.3 Å². The summed E-state index contributed by atoms with van der Waals surface area (Å²) in [5, 5.41) is 4.12. The number of fused-ring (bicyclic) bond motifs is 11. The molecule has 0 aliphatic rings. The average Bonchev–Trinajstić information content (AvgIpc) is 1.06. The third-order valence-electron chi connectivity index (χ3n) is 17.3. The zero-order chi connectivity index (χ0) is 83.8. The minimum absolute atomic E-state index is 0.0240. The normalized spacial score (nSPS) is 15.3. The van der Waals surface area contributed by atoms with Gasteiger partial charge in [0.25, 0.3) is 0 Å². The first-order valence-electron chi connectivity index (χ1n) is 42.7. The molecule has 0 saturated heterocycles. The van der Waals surface area contributed by atoms with Crippen molar-refractivity contribution in [3.8, 4) is 89.0 Å². The van der Waals surface area contributed by atoms with Crippen molar-refractivity contribution in [1.29, 1.82) is 0 Å². The summed E-state index contributed by atoms with van der Waals surface area (Å²) < 4.78 is 239. The third kappa shape index (κ3) is 9.34. The molecule has 94 heavy (non-hydrogen) atoms. The molecule has 0 amide bonds. The van der Waals surface area contributed by atoms with Gasteiger partial charge in [-0.15, -0.1) is 0 Å². The summed E-state index contributed by atoms with van der Waals surface area (Å²) in [5.41, 5.74) is 6.41. The molecule has 2 heterocycles. The molecule has 0 unspecified atom stereocenters. The molecule has 438 valence electrons. The second kappa shape index (κ2) is 22.8. The Balaban J connectivity index is 0.000000167. The monoisotopic (exact) mass is 1220 g/mol. The second-order valence-corrected chi connectivity index (χ2v) is 22.6. The molecule has 2 nitrogen and oxygen atoms in total. The van der Waals surface area contributed by atoms with Crippen LogP contribution in [0, 0.1) is 0 Å². The van der Waals surface area contributed by atoms with Crippen molar-refractivity contribution < 1.29 is 43.1 Å². The van der Waals surface area contributed by atoms with Gasteiger partial charge in [-0.05, 0) is 186 Å². The second-order valence-electron chi connectivity index (χ2n) is 22.6. The van der Waals surface area contributed by atoms with Crippen LogP contribution in [-0.2, 0) is 0 Å². The summed E-state index contributed by atoms with van der Waals surface area (Å²) in [5.74, 6) is 0. The minimum Gasteiger partial charge on any atom is -0.456 e. The van der Waals surface area contributed by atoms with E-state index in [1.807, 2.05) is 182 Å². The Morgan fingerprint density at radius 1 is 0.191 bits per heavy atom. The van der Waals surface area contributed by atoms with Gasteiger partial charge in [-0.3, -0.25) is 0 Å². The molecule has 17 aromatic carbocycles. The highest BCUT2D eigenvalue weighted by Crippen LogP contribution is 2.50. The summed E-state index contributed by atoms with van der Waals surface area (Å²) in [6.07, 6.45) is 0. The Morgan fingerprint density at radius 2 is 0.660 bits per heavy atom. The molecule has 2 aromatic heterocycles. The highest BCUT2D eigenvalue weighted by Gasteiger charge is 2.24. The standard InChI is InChI=1S/C48H30O.C44H28O/c1-2-12-31(13-3-1)33-22-25-34(26-23-33)47-38-17-6-8-19-40(38)48(41-20-9-7-18-39(41)47)44-29-43-37-16-10-11-21-45(37)49-46(43)30-42(44)36-27-24-32-14-4-5-15-35(32)28-36;1-3-14-29(15-4-1)31-18-13-19-32(26-31)42-35-21-7-9-23-37(35)43(38-24-10-8-22-36(38)42)33-27-39(30-16-5-2-6-17-30)44-40(28-33)34-20-11-12-25-41(34)45-44/h1-30H;1-28H/i1D,2D,3D,6D,7D,8D,9D,12D,13D,17D,18D,19D,20D,22D,23D,25D,26D;7D,8D,9D,10D,21D,22D,23D,24D. The molecule has 0 N–H and O–H groups in total. The van der Waals surface area contributed by atoms with Gasteiger partial charge in [0.15, 0.2) is 0 Å². The molecule has 19 rings (SSSR count). The van der Waals surface area contributed by atoms with Gasteiger partial charge in [0, 0.05) is 27.1 Å². The van der Waals surface area contributed by atoms with Gasteiger partial charge < -0.3 is 8.83 Å². The van der Waals surface area contributed by atoms with Crippen LogP contribution in [0.3, 0.4) is 0 Å². The fraction of sp³-hybridized carbons (Fsp3) is 0. The molecule has 0 aliphatic carbocycles. The Hall–Kier alpha value is -12.4. The maximum Gasteiger partial charge on any atom is 0.143 e. The molecule has 0 radical (unpaired) electrons. The lowest BCUT2D eigenvalue weighted by Crippen LogP contribution is -1.93. The van der Waals surface area contributed by atoms with Crippen LogP contribution in [0.2, 0.25) is 0 Å². The van der Waals surface area contributed by atoms with Gasteiger partial charge in [0.05, 0.1) is 34.3 Å². The molecule has 0 spiro atoms. The lowest BCUT2D eigenvalue weighted by atomic mass is 9.83. The topological polar surface area (TPSA) is 26.3 Å². The van der Waals surface area contributed by atoms with Gasteiger partial charge in [-0.1, -0.05) is 303 Å². The van der Waals surface area contributed by atoms with E-state index in [1.165, 1.54) is 0 Å².